The average molecular weight is 381 g/mol. The molecule has 0 amide bonds. The lowest BCUT2D eigenvalue weighted by molar-refractivity contribution is 0.611. The van der Waals surface area contributed by atoms with Crippen molar-refractivity contribution >= 4 is 27.6 Å². The van der Waals surface area contributed by atoms with Crippen LogP contribution in [0.2, 0.25) is 0 Å². The lowest BCUT2D eigenvalue weighted by Crippen LogP contribution is -2.20. The number of nitrogens with zero attached hydrogens (tertiary/aromatic N) is 3. The second-order valence-corrected chi connectivity index (χ2v) is 6.95. The number of anilines is 1. The Labute approximate surface area is 149 Å². The molecule has 0 saturated heterocycles. The number of allylic oxidation sites excluding steroid dienone is 1. The van der Waals surface area contributed by atoms with Crippen molar-refractivity contribution in [3.63, 3.8) is 0 Å². The molecule has 2 aromatic carbocycles. The van der Waals surface area contributed by atoms with Crippen molar-refractivity contribution in [1.82, 2.24) is 14.8 Å². The molecule has 0 fully saturated rings. The summed E-state index contributed by atoms with van der Waals surface area (Å²) in [4.78, 5) is 4.36. The van der Waals surface area contributed by atoms with Crippen LogP contribution in [0.25, 0.3) is 5.70 Å². The lowest BCUT2D eigenvalue weighted by atomic mass is 9.99. The van der Waals surface area contributed by atoms with Gasteiger partial charge in [0.25, 0.3) is 0 Å². The summed E-state index contributed by atoms with van der Waals surface area (Å²) < 4.78 is 2.97. The molecule has 1 aliphatic heterocycles. The van der Waals surface area contributed by atoms with Gasteiger partial charge in [0.1, 0.15) is 12.4 Å². The summed E-state index contributed by atoms with van der Waals surface area (Å²) in [6, 6.07) is 14.8. The molecule has 1 unspecified atom stereocenters. The second-order valence-electron chi connectivity index (χ2n) is 6.03. The van der Waals surface area contributed by atoms with E-state index in [2.05, 4.69) is 81.6 Å². The SMILES string of the molecule is Cc1ccc(C2=CC(c3cccc(Br)c3)n3ncnc3N2)cc1C. The zero-order valence-electron chi connectivity index (χ0n) is 13.5. The maximum Gasteiger partial charge on any atom is 0.226 e. The van der Waals surface area contributed by atoms with Crippen LogP contribution >= 0.6 is 15.9 Å². The Morgan fingerprint density at radius 1 is 1.08 bits per heavy atom. The van der Waals surface area contributed by atoms with Crippen molar-refractivity contribution in [1.29, 1.82) is 0 Å². The lowest BCUT2D eigenvalue weighted by Gasteiger charge is -2.24. The van der Waals surface area contributed by atoms with Gasteiger partial charge >= 0.3 is 0 Å². The molecule has 1 N–H and O–H groups in total. The number of hydrogen-bond donors (Lipinski definition) is 1. The summed E-state index contributed by atoms with van der Waals surface area (Å²) in [5, 5.41) is 7.78. The van der Waals surface area contributed by atoms with Gasteiger partial charge in [-0.1, -0.05) is 40.2 Å². The Morgan fingerprint density at radius 3 is 2.75 bits per heavy atom. The molecule has 0 saturated carbocycles. The molecule has 0 spiro atoms. The first-order valence-electron chi connectivity index (χ1n) is 7.83. The minimum atomic E-state index is 0.0119. The van der Waals surface area contributed by atoms with E-state index in [1.165, 1.54) is 16.7 Å². The largest absolute Gasteiger partial charge is 0.324 e. The van der Waals surface area contributed by atoms with Crippen LogP contribution in [0.4, 0.5) is 5.95 Å². The van der Waals surface area contributed by atoms with Crippen LogP contribution in [0.15, 0.2) is 59.3 Å². The van der Waals surface area contributed by atoms with Gasteiger partial charge in [-0.05, 0) is 60.4 Å². The zero-order valence-corrected chi connectivity index (χ0v) is 15.1. The van der Waals surface area contributed by atoms with Gasteiger partial charge in [0.15, 0.2) is 0 Å². The van der Waals surface area contributed by atoms with E-state index in [0.29, 0.717) is 0 Å². The Morgan fingerprint density at radius 2 is 1.96 bits per heavy atom. The number of aromatic nitrogens is 3. The highest BCUT2D eigenvalue weighted by Crippen LogP contribution is 2.33. The Bertz CT molecular complexity index is 942. The fourth-order valence-electron chi connectivity index (χ4n) is 2.94. The third-order valence-corrected chi connectivity index (χ3v) is 4.91. The number of benzene rings is 2. The third-order valence-electron chi connectivity index (χ3n) is 4.42. The highest BCUT2D eigenvalue weighted by Gasteiger charge is 2.23. The molecule has 1 aliphatic rings. The van der Waals surface area contributed by atoms with E-state index < -0.39 is 0 Å². The van der Waals surface area contributed by atoms with Crippen LogP contribution in [-0.2, 0) is 0 Å². The van der Waals surface area contributed by atoms with Crippen LogP contribution in [0.3, 0.4) is 0 Å². The molecule has 0 bridgehead atoms. The Kier molecular flexibility index (Phi) is 3.73. The Balaban J connectivity index is 1.82. The molecule has 5 heteroatoms. The molecule has 0 radical (unpaired) electrons. The zero-order chi connectivity index (χ0) is 16.7. The predicted molar refractivity (Wildman–Crippen MR) is 99.8 cm³/mol. The Hall–Kier alpha value is -2.40. The molecule has 4 nitrogen and oxygen atoms in total. The van der Waals surface area contributed by atoms with E-state index in [0.717, 1.165) is 21.7 Å². The van der Waals surface area contributed by atoms with Crippen molar-refractivity contribution in [2.24, 2.45) is 0 Å². The first-order valence-corrected chi connectivity index (χ1v) is 8.62. The smallest absolute Gasteiger partial charge is 0.226 e. The van der Waals surface area contributed by atoms with E-state index in [4.69, 9.17) is 0 Å². The standard InChI is InChI=1S/C19H17BrN4/c1-12-6-7-14(8-13(12)2)17-10-18(15-4-3-5-16(20)9-15)24-19(23-17)21-11-22-24/h3-11,18H,1-2H3,(H,21,22,23). The molecule has 1 aromatic heterocycles. The molecule has 1 atom stereocenters. The summed E-state index contributed by atoms with van der Waals surface area (Å²) in [6.45, 7) is 4.26. The summed E-state index contributed by atoms with van der Waals surface area (Å²) in [5.74, 6) is 0.760. The van der Waals surface area contributed by atoms with Gasteiger partial charge < -0.3 is 5.32 Å². The van der Waals surface area contributed by atoms with Gasteiger partial charge in [-0.2, -0.15) is 10.1 Å². The number of rotatable bonds is 2. The van der Waals surface area contributed by atoms with E-state index in [1.54, 1.807) is 6.33 Å². The van der Waals surface area contributed by atoms with E-state index in [9.17, 15) is 0 Å². The van der Waals surface area contributed by atoms with Crippen LogP contribution in [-0.4, -0.2) is 14.8 Å². The highest BCUT2D eigenvalue weighted by atomic mass is 79.9. The number of aryl methyl sites for hydroxylation is 2. The monoisotopic (exact) mass is 380 g/mol. The molecule has 4 rings (SSSR count). The number of fused-ring (bicyclic) bond motifs is 1. The molecule has 2 heterocycles. The number of nitrogens with one attached hydrogen (secondary N) is 1. The summed E-state index contributed by atoms with van der Waals surface area (Å²) >= 11 is 3.56. The van der Waals surface area contributed by atoms with Crippen LogP contribution in [0.1, 0.15) is 28.3 Å². The topological polar surface area (TPSA) is 42.7 Å². The van der Waals surface area contributed by atoms with Gasteiger partial charge in [-0.15, -0.1) is 0 Å². The first kappa shape index (κ1) is 15.1. The maximum atomic E-state index is 4.39. The maximum absolute atomic E-state index is 4.39. The van der Waals surface area contributed by atoms with Gasteiger partial charge in [0, 0.05) is 10.2 Å². The highest BCUT2D eigenvalue weighted by molar-refractivity contribution is 9.10. The second kappa shape index (κ2) is 5.91. The van der Waals surface area contributed by atoms with Crippen molar-refractivity contribution < 1.29 is 0 Å². The van der Waals surface area contributed by atoms with Gasteiger partial charge in [0.05, 0.1) is 0 Å². The molecule has 120 valence electrons. The summed E-state index contributed by atoms with van der Waals surface area (Å²) in [6.07, 6.45) is 3.79. The van der Waals surface area contributed by atoms with Gasteiger partial charge in [0.2, 0.25) is 5.95 Å². The third kappa shape index (κ3) is 2.65. The first-order chi connectivity index (χ1) is 11.6. The quantitative estimate of drug-likeness (QED) is 0.699. The average Bonchev–Trinajstić information content (AvgIpc) is 3.05. The molecular weight excluding hydrogens is 364 g/mol. The molecule has 0 aliphatic carbocycles. The minimum absolute atomic E-state index is 0.0119. The van der Waals surface area contributed by atoms with Crippen molar-refractivity contribution in [3.8, 4) is 0 Å². The van der Waals surface area contributed by atoms with Crippen LogP contribution in [0.5, 0.6) is 0 Å². The molecule has 3 aromatic rings. The van der Waals surface area contributed by atoms with Crippen LogP contribution in [0, 0.1) is 13.8 Å². The predicted octanol–water partition coefficient (Wildman–Crippen LogP) is 4.71. The molecule has 24 heavy (non-hydrogen) atoms. The molecular formula is C19H17BrN4. The van der Waals surface area contributed by atoms with E-state index >= 15 is 0 Å². The fourth-order valence-corrected chi connectivity index (χ4v) is 3.36. The van der Waals surface area contributed by atoms with Crippen molar-refractivity contribution in [2.75, 3.05) is 5.32 Å². The number of halogens is 1. The fraction of sp³-hybridized carbons (Fsp3) is 0.158. The van der Waals surface area contributed by atoms with Crippen LogP contribution < -0.4 is 5.32 Å². The number of hydrogen-bond acceptors (Lipinski definition) is 3. The summed E-state index contributed by atoms with van der Waals surface area (Å²) in [5.41, 5.74) is 5.96. The van der Waals surface area contributed by atoms with Gasteiger partial charge in [-0.3, -0.25) is 0 Å². The van der Waals surface area contributed by atoms with Crippen molar-refractivity contribution in [2.45, 2.75) is 19.9 Å². The minimum Gasteiger partial charge on any atom is -0.324 e. The van der Waals surface area contributed by atoms with Gasteiger partial charge in [-0.25, -0.2) is 4.68 Å². The van der Waals surface area contributed by atoms with E-state index in [1.807, 2.05) is 16.8 Å². The van der Waals surface area contributed by atoms with Crippen molar-refractivity contribution in [3.05, 3.63) is 81.6 Å². The summed E-state index contributed by atoms with van der Waals surface area (Å²) in [7, 11) is 0. The normalized spacial score (nSPS) is 16.3. The van der Waals surface area contributed by atoms with E-state index in [-0.39, 0.29) is 6.04 Å².